The highest BCUT2D eigenvalue weighted by atomic mass is 16.3. The van der Waals surface area contributed by atoms with Gasteiger partial charge in [0, 0.05) is 17.3 Å². The number of nitrogens with two attached hydrogens (primary N) is 1. The highest BCUT2D eigenvalue weighted by Crippen LogP contribution is 2.32. The molecule has 0 atom stereocenters. The number of phenolic OH excluding ortho intramolecular Hbond substituents is 1. The standard InChI is InChI=1S/C20H21N5O/c21-20-16(11-18(24-25-20)15-3-1-2-4-19(15)26)17-6-5-14(12-23-17)13-7-9-22-10-8-13/h1-6,11-13,22,26H,7-10H2,(H2,21,25). The summed E-state index contributed by atoms with van der Waals surface area (Å²) in [4.78, 5) is 4.61. The van der Waals surface area contributed by atoms with Crippen molar-refractivity contribution in [2.75, 3.05) is 18.8 Å². The lowest BCUT2D eigenvalue weighted by Gasteiger charge is -2.22. The molecule has 3 aromatic rings. The van der Waals surface area contributed by atoms with Crippen molar-refractivity contribution in [3.63, 3.8) is 0 Å². The first-order valence-electron chi connectivity index (χ1n) is 8.81. The van der Waals surface area contributed by atoms with Crippen molar-refractivity contribution in [2.24, 2.45) is 0 Å². The molecule has 4 N–H and O–H groups in total. The Kier molecular flexibility index (Phi) is 4.50. The third-order valence-corrected chi connectivity index (χ3v) is 4.88. The van der Waals surface area contributed by atoms with Crippen molar-refractivity contribution in [1.82, 2.24) is 20.5 Å². The van der Waals surface area contributed by atoms with E-state index in [0.717, 1.165) is 37.2 Å². The Bertz CT molecular complexity index is 904. The summed E-state index contributed by atoms with van der Waals surface area (Å²) < 4.78 is 0. The van der Waals surface area contributed by atoms with Crippen LogP contribution < -0.4 is 11.1 Å². The highest BCUT2D eigenvalue weighted by Gasteiger charge is 2.16. The van der Waals surface area contributed by atoms with Crippen LogP contribution in [0.15, 0.2) is 48.7 Å². The minimum Gasteiger partial charge on any atom is -0.507 e. The van der Waals surface area contributed by atoms with Gasteiger partial charge in [-0.2, -0.15) is 0 Å². The van der Waals surface area contributed by atoms with Crippen LogP contribution in [0.2, 0.25) is 0 Å². The fourth-order valence-corrected chi connectivity index (χ4v) is 3.39. The SMILES string of the molecule is Nc1nnc(-c2ccccc2O)cc1-c1ccc(C2CCNCC2)cn1. The topological polar surface area (TPSA) is 97.0 Å². The molecule has 132 valence electrons. The molecule has 26 heavy (non-hydrogen) atoms. The molecule has 1 aromatic carbocycles. The molecule has 0 radical (unpaired) electrons. The Morgan fingerprint density at radius 2 is 1.77 bits per heavy atom. The largest absolute Gasteiger partial charge is 0.507 e. The average molecular weight is 347 g/mol. The van der Waals surface area contributed by atoms with Crippen LogP contribution in [-0.2, 0) is 0 Å². The van der Waals surface area contributed by atoms with Crippen LogP contribution in [0.1, 0.15) is 24.3 Å². The van der Waals surface area contributed by atoms with Gasteiger partial charge in [-0.05, 0) is 61.7 Å². The minimum atomic E-state index is 0.159. The van der Waals surface area contributed by atoms with Crippen molar-refractivity contribution in [2.45, 2.75) is 18.8 Å². The van der Waals surface area contributed by atoms with Crippen LogP contribution in [0.25, 0.3) is 22.5 Å². The molecule has 4 rings (SSSR count). The van der Waals surface area contributed by atoms with Crippen molar-refractivity contribution in [3.8, 4) is 28.3 Å². The molecule has 1 fully saturated rings. The number of aromatic hydroxyl groups is 1. The van der Waals surface area contributed by atoms with Crippen LogP contribution in [0.4, 0.5) is 5.82 Å². The van der Waals surface area contributed by atoms with Crippen LogP contribution >= 0.6 is 0 Å². The molecule has 6 nitrogen and oxygen atoms in total. The van der Waals surface area contributed by atoms with E-state index in [1.807, 2.05) is 24.4 Å². The maximum atomic E-state index is 10.1. The number of nitrogen functional groups attached to an aromatic ring is 1. The van der Waals surface area contributed by atoms with Gasteiger partial charge in [0.05, 0.1) is 11.4 Å². The predicted octanol–water partition coefficient (Wildman–Crippen LogP) is 2.96. The number of benzene rings is 1. The molecule has 1 aliphatic rings. The normalized spacial score (nSPS) is 15.1. The lowest BCUT2D eigenvalue weighted by atomic mass is 9.91. The maximum absolute atomic E-state index is 10.1. The van der Waals surface area contributed by atoms with Gasteiger partial charge in [-0.25, -0.2) is 0 Å². The molecular formula is C20H21N5O. The summed E-state index contributed by atoms with van der Waals surface area (Å²) in [7, 11) is 0. The van der Waals surface area contributed by atoms with Gasteiger partial charge in [0.1, 0.15) is 5.75 Å². The second-order valence-electron chi connectivity index (χ2n) is 6.55. The number of rotatable bonds is 3. The number of para-hydroxylation sites is 1. The second-order valence-corrected chi connectivity index (χ2v) is 6.55. The van der Waals surface area contributed by atoms with Crippen molar-refractivity contribution >= 4 is 5.82 Å². The van der Waals surface area contributed by atoms with E-state index in [0.29, 0.717) is 23.0 Å². The van der Waals surface area contributed by atoms with Crippen molar-refractivity contribution in [1.29, 1.82) is 0 Å². The Hall–Kier alpha value is -2.99. The Labute approximate surface area is 152 Å². The fraction of sp³-hybridized carbons (Fsp3) is 0.250. The van der Waals surface area contributed by atoms with Gasteiger partial charge in [0.15, 0.2) is 5.82 Å². The van der Waals surface area contributed by atoms with Crippen LogP contribution in [-0.4, -0.2) is 33.4 Å². The van der Waals surface area contributed by atoms with Crippen LogP contribution in [0, 0.1) is 0 Å². The summed E-state index contributed by atoms with van der Waals surface area (Å²) >= 11 is 0. The lowest BCUT2D eigenvalue weighted by Crippen LogP contribution is -2.26. The second kappa shape index (κ2) is 7.09. The summed E-state index contributed by atoms with van der Waals surface area (Å²) in [5, 5.41) is 21.6. The van der Waals surface area contributed by atoms with E-state index in [9.17, 15) is 5.11 Å². The van der Waals surface area contributed by atoms with E-state index in [2.05, 4.69) is 26.6 Å². The Balaban J connectivity index is 1.67. The quantitative estimate of drug-likeness (QED) is 0.674. The molecule has 1 aliphatic heterocycles. The van der Waals surface area contributed by atoms with Gasteiger partial charge in [0.25, 0.3) is 0 Å². The van der Waals surface area contributed by atoms with Crippen LogP contribution in [0.5, 0.6) is 5.75 Å². The molecule has 0 unspecified atom stereocenters. The molecule has 0 saturated carbocycles. The zero-order valence-corrected chi connectivity index (χ0v) is 14.4. The van der Waals surface area contributed by atoms with Gasteiger partial charge >= 0.3 is 0 Å². The van der Waals surface area contributed by atoms with E-state index in [-0.39, 0.29) is 5.75 Å². The number of hydrogen-bond acceptors (Lipinski definition) is 6. The molecule has 1 saturated heterocycles. The molecule has 6 heteroatoms. The van der Waals surface area contributed by atoms with Gasteiger partial charge in [0.2, 0.25) is 0 Å². The molecular weight excluding hydrogens is 326 g/mol. The Morgan fingerprint density at radius 1 is 0.962 bits per heavy atom. The number of nitrogens with zero attached hydrogens (tertiary/aromatic N) is 3. The average Bonchev–Trinajstić information content (AvgIpc) is 2.70. The molecule has 0 aliphatic carbocycles. The number of nitrogens with one attached hydrogen (secondary N) is 1. The van der Waals surface area contributed by atoms with E-state index >= 15 is 0 Å². The van der Waals surface area contributed by atoms with Gasteiger partial charge in [-0.1, -0.05) is 18.2 Å². The smallest absolute Gasteiger partial charge is 0.155 e. The lowest BCUT2D eigenvalue weighted by molar-refractivity contribution is 0.459. The first kappa shape index (κ1) is 16.5. The van der Waals surface area contributed by atoms with E-state index < -0.39 is 0 Å². The maximum Gasteiger partial charge on any atom is 0.155 e. The van der Waals surface area contributed by atoms with E-state index in [1.165, 1.54) is 5.56 Å². The zero-order valence-electron chi connectivity index (χ0n) is 14.4. The van der Waals surface area contributed by atoms with E-state index in [4.69, 9.17) is 5.73 Å². The molecule has 3 heterocycles. The third-order valence-electron chi connectivity index (χ3n) is 4.88. The number of hydrogen-bond donors (Lipinski definition) is 3. The number of anilines is 1. The third kappa shape index (κ3) is 3.23. The van der Waals surface area contributed by atoms with Crippen molar-refractivity contribution in [3.05, 3.63) is 54.2 Å². The molecule has 0 bridgehead atoms. The number of pyridine rings is 1. The summed E-state index contributed by atoms with van der Waals surface area (Å²) in [6.45, 7) is 2.11. The minimum absolute atomic E-state index is 0.159. The summed E-state index contributed by atoms with van der Waals surface area (Å²) in [5.41, 5.74) is 9.95. The number of piperidine rings is 1. The van der Waals surface area contributed by atoms with Crippen molar-refractivity contribution < 1.29 is 5.11 Å². The summed E-state index contributed by atoms with van der Waals surface area (Å²) in [6, 6.07) is 13.0. The zero-order chi connectivity index (χ0) is 17.9. The Morgan fingerprint density at radius 3 is 2.50 bits per heavy atom. The van der Waals surface area contributed by atoms with E-state index in [1.54, 1.807) is 18.2 Å². The first-order chi connectivity index (χ1) is 12.7. The summed E-state index contributed by atoms with van der Waals surface area (Å²) in [5.74, 6) is 1.04. The predicted molar refractivity (Wildman–Crippen MR) is 102 cm³/mol. The molecule has 0 amide bonds. The number of phenols is 1. The highest BCUT2D eigenvalue weighted by molar-refractivity contribution is 5.77. The first-order valence-corrected chi connectivity index (χ1v) is 8.81. The van der Waals surface area contributed by atoms with Gasteiger partial charge in [-0.15, -0.1) is 10.2 Å². The molecule has 2 aromatic heterocycles. The monoisotopic (exact) mass is 347 g/mol. The fourth-order valence-electron chi connectivity index (χ4n) is 3.39. The molecule has 0 spiro atoms. The van der Waals surface area contributed by atoms with Crippen LogP contribution in [0.3, 0.4) is 0 Å². The van der Waals surface area contributed by atoms with Gasteiger partial charge < -0.3 is 16.2 Å². The number of aromatic nitrogens is 3. The van der Waals surface area contributed by atoms with Gasteiger partial charge in [-0.3, -0.25) is 4.98 Å². The summed E-state index contributed by atoms with van der Waals surface area (Å²) in [6.07, 6.45) is 4.21.